The lowest BCUT2D eigenvalue weighted by Gasteiger charge is -2.39. The maximum atomic E-state index is 14.5. The third kappa shape index (κ3) is 5.79. The average Bonchev–Trinajstić information content (AvgIpc) is 3.86. The lowest BCUT2D eigenvalue weighted by atomic mass is 9.85. The first kappa shape index (κ1) is 36.9. The van der Waals surface area contributed by atoms with Crippen LogP contribution >= 0.6 is 0 Å². The number of benzene rings is 3. The Balaban J connectivity index is 1.50. The molecule has 7 rings (SSSR count). The molecular formula is C41H40N4O10. The minimum atomic E-state index is -1.47. The summed E-state index contributed by atoms with van der Waals surface area (Å²) in [6.45, 7) is 8.60. The molecule has 0 N–H and O–H groups in total. The average molecular weight is 749 g/mol. The molecule has 1 saturated heterocycles. The van der Waals surface area contributed by atoms with E-state index in [0.29, 0.717) is 27.8 Å². The van der Waals surface area contributed by atoms with Gasteiger partial charge >= 0.3 is 24.1 Å². The van der Waals surface area contributed by atoms with Crippen LogP contribution in [0, 0.1) is 0 Å². The molecule has 4 atom stereocenters. The van der Waals surface area contributed by atoms with E-state index < -0.39 is 65.3 Å². The number of esters is 2. The van der Waals surface area contributed by atoms with Crippen molar-refractivity contribution in [2.75, 3.05) is 25.7 Å². The zero-order valence-electron chi connectivity index (χ0n) is 31.0. The van der Waals surface area contributed by atoms with Gasteiger partial charge in [-0.1, -0.05) is 61.2 Å². The number of para-hydroxylation sites is 2. The Morgan fingerprint density at radius 2 is 1.53 bits per heavy atom. The summed E-state index contributed by atoms with van der Waals surface area (Å²) in [7, 11) is 2.38. The number of hydrogen-bond donors (Lipinski definition) is 0. The number of carbonyl (C=O) groups excluding carboxylic acids is 6. The van der Waals surface area contributed by atoms with Crippen LogP contribution in [0.3, 0.4) is 0 Å². The fraction of sp³-hybridized carbons (Fsp3) is 0.317. The van der Waals surface area contributed by atoms with Crippen molar-refractivity contribution in [1.82, 2.24) is 14.4 Å². The highest BCUT2D eigenvalue weighted by molar-refractivity contribution is 6.22. The number of hydrogen-bond acceptors (Lipinski definition) is 10. The van der Waals surface area contributed by atoms with E-state index in [-0.39, 0.29) is 30.6 Å². The smallest absolute Gasteiger partial charge is 0.416 e. The van der Waals surface area contributed by atoms with Gasteiger partial charge in [-0.25, -0.2) is 19.2 Å². The van der Waals surface area contributed by atoms with Crippen LogP contribution < -0.4 is 4.90 Å². The topological polar surface area (TPSA) is 154 Å². The van der Waals surface area contributed by atoms with Crippen LogP contribution in [0.25, 0.3) is 10.9 Å². The van der Waals surface area contributed by atoms with Crippen LogP contribution in [-0.2, 0) is 40.5 Å². The van der Waals surface area contributed by atoms with Crippen LogP contribution in [-0.4, -0.2) is 95.0 Å². The molecule has 1 aromatic heterocycles. The van der Waals surface area contributed by atoms with Crippen molar-refractivity contribution in [1.29, 1.82) is 0 Å². The molecule has 0 radical (unpaired) electrons. The predicted octanol–water partition coefficient (Wildman–Crippen LogP) is 5.42. The van der Waals surface area contributed by atoms with E-state index in [2.05, 4.69) is 6.58 Å². The first-order chi connectivity index (χ1) is 26.3. The molecule has 1 fully saturated rings. The lowest BCUT2D eigenvalue weighted by molar-refractivity contribution is -0.146. The molecule has 284 valence electrons. The predicted molar refractivity (Wildman–Crippen MR) is 198 cm³/mol. The van der Waals surface area contributed by atoms with Gasteiger partial charge in [0, 0.05) is 29.6 Å². The van der Waals surface area contributed by atoms with Crippen LogP contribution in [0.15, 0.2) is 91.5 Å². The van der Waals surface area contributed by atoms with Crippen molar-refractivity contribution in [3.05, 3.63) is 114 Å². The number of aromatic nitrogens is 1. The van der Waals surface area contributed by atoms with E-state index in [9.17, 15) is 28.8 Å². The number of fused-ring (bicyclic) bond motifs is 5. The minimum Gasteiger partial charge on any atom is -0.467 e. The summed E-state index contributed by atoms with van der Waals surface area (Å²) in [4.78, 5) is 87.3. The maximum Gasteiger partial charge on any atom is 0.416 e. The summed E-state index contributed by atoms with van der Waals surface area (Å²) in [6.07, 6.45) is -1.99. The van der Waals surface area contributed by atoms with Gasteiger partial charge < -0.3 is 23.5 Å². The monoisotopic (exact) mass is 748 g/mol. The van der Waals surface area contributed by atoms with E-state index in [1.165, 1.54) is 42.2 Å². The summed E-state index contributed by atoms with van der Waals surface area (Å²) in [5.41, 5.74) is -0.120. The Morgan fingerprint density at radius 3 is 2.16 bits per heavy atom. The van der Waals surface area contributed by atoms with E-state index in [4.69, 9.17) is 18.9 Å². The molecule has 3 aromatic carbocycles. The zero-order valence-corrected chi connectivity index (χ0v) is 31.0. The van der Waals surface area contributed by atoms with E-state index >= 15 is 0 Å². The van der Waals surface area contributed by atoms with Gasteiger partial charge in [-0.15, -0.1) is 0 Å². The normalized spacial score (nSPS) is 20.5. The Bertz CT molecular complexity index is 2240. The van der Waals surface area contributed by atoms with E-state index in [0.717, 1.165) is 4.90 Å². The molecule has 0 spiro atoms. The number of methoxy groups -OCH3 is 2. The van der Waals surface area contributed by atoms with Gasteiger partial charge in [-0.3, -0.25) is 24.3 Å². The highest BCUT2D eigenvalue weighted by Gasteiger charge is 2.68. The first-order valence-corrected chi connectivity index (χ1v) is 17.7. The second kappa shape index (κ2) is 13.8. The molecule has 3 aliphatic heterocycles. The Kier molecular flexibility index (Phi) is 9.23. The number of anilines is 1. The lowest BCUT2D eigenvalue weighted by Crippen LogP contribution is -2.58. The molecule has 0 unspecified atom stereocenters. The summed E-state index contributed by atoms with van der Waals surface area (Å²) >= 11 is 0. The quantitative estimate of drug-likeness (QED) is 0.0989. The molecule has 4 heterocycles. The number of likely N-dealkylation sites (tertiary alicyclic amines) is 1. The molecule has 4 amide bonds. The molecule has 0 saturated carbocycles. The Morgan fingerprint density at radius 1 is 0.891 bits per heavy atom. The third-order valence-electron chi connectivity index (χ3n) is 10.2. The highest BCUT2D eigenvalue weighted by Crippen LogP contribution is 2.57. The minimum absolute atomic E-state index is 0.120. The number of rotatable bonds is 8. The van der Waals surface area contributed by atoms with Crippen LogP contribution in [0.4, 0.5) is 15.3 Å². The number of imide groups is 1. The zero-order chi connectivity index (χ0) is 39.4. The van der Waals surface area contributed by atoms with Crippen molar-refractivity contribution in [3.63, 3.8) is 0 Å². The van der Waals surface area contributed by atoms with Crippen molar-refractivity contribution < 1.29 is 47.7 Å². The largest absolute Gasteiger partial charge is 0.467 e. The Labute approximate surface area is 316 Å². The second-order valence-corrected chi connectivity index (χ2v) is 14.5. The summed E-state index contributed by atoms with van der Waals surface area (Å²) in [5, 5.41) is 0.701. The van der Waals surface area contributed by atoms with Crippen molar-refractivity contribution >= 4 is 52.5 Å². The van der Waals surface area contributed by atoms with Crippen LogP contribution in [0.2, 0.25) is 0 Å². The number of amides is 4. The summed E-state index contributed by atoms with van der Waals surface area (Å²) < 4.78 is 23.9. The van der Waals surface area contributed by atoms with Gasteiger partial charge in [0.15, 0.2) is 0 Å². The third-order valence-corrected chi connectivity index (χ3v) is 10.2. The molecule has 14 nitrogen and oxygen atoms in total. The van der Waals surface area contributed by atoms with Crippen molar-refractivity contribution in [2.24, 2.45) is 0 Å². The van der Waals surface area contributed by atoms with Crippen molar-refractivity contribution in [2.45, 2.75) is 63.0 Å². The fourth-order valence-corrected chi connectivity index (χ4v) is 8.21. The number of carbonyl (C=O) groups is 6. The maximum absolute atomic E-state index is 14.5. The fourth-order valence-electron chi connectivity index (χ4n) is 8.21. The van der Waals surface area contributed by atoms with Gasteiger partial charge in [0.1, 0.15) is 36.0 Å². The molecule has 0 aliphatic carbocycles. The van der Waals surface area contributed by atoms with Gasteiger partial charge in [0.2, 0.25) is 0 Å². The SMILES string of the molecule is C=CCOC(=O)N1[C@H]2N(C(=O)OC(C)(C)C)c3ccccc3[C@@]2(n2c(C[C@@H](C(=O)OC)N3C(=O)c4ccccc4C3=O)cc3ccccc32)C[C@H]1C(=O)OC. The van der Waals surface area contributed by atoms with Crippen molar-refractivity contribution in [3.8, 4) is 0 Å². The first-order valence-electron chi connectivity index (χ1n) is 17.7. The summed E-state index contributed by atoms with van der Waals surface area (Å²) in [5.74, 6) is -2.90. The molecular weight excluding hydrogens is 708 g/mol. The standard InChI is InChI=1S/C41H40N4O10/c1-7-20-54-38(50)44-32(36(49)53-6)23-41(28-17-11-13-19-30(28)43(37(41)44)39(51)55-40(2,3)4)45-25(21-24-14-8-12-18-29(24)45)22-31(35(48)52-5)42-33(46)26-15-9-10-16-27(26)34(42)47/h7-19,21,31-32,37H,1,20,22-23H2,2-6H3/t31-,32-,37+,41-/m0/s1. The van der Waals surface area contributed by atoms with Gasteiger partial charge in [-0.2, -0.15) is 0 Å². The van der Waals surface area contributed by atoms with Gasteiger partial charge in [0.25, 0.3) is 11.8 Å². The molecule has 3 aliphatic rings. The molecule has 4 aromatic rings. The van der Waals surface area contributed by atoms with Gasteiger partial charge in [0.05, 0.1) is 31.0 Å². The van der Waals surface area contributed by atoms with E-state index in [1.807, 2.05) is 34.9 Å². The van der Waals surface area contributed by atoms with E-state index in [1.54, 1.807) is 57.2 Å². The molecule has 0 bridgehead atoms. The highest BCUT2D eigenvalue weighted by atomic mass is 16.6. The number of ether oxygens (including phenoxy) is 4. The number of nitrogens with zero attached hydrogens (tertiary/aromatic N) is 4. The van der Waals surface area contributed by atoms with Crippen LogP contribution in [0.5, 0.6) is 0 Å². The van der Waals surface area contributed by atoms with Crippen LogP contribution in [0.1, 0.15) is 59.2 Å². The van der Waals surface area contributed by atoms with Gasteiger partial charge in [-0.05, 0) is 56.5 Å². The Hall–Kier alpha value is -6.44. The molecule has 55 heavy (non-hydrogen) atoms. The molecule has 14 heteroatoms. The second-order valence-electron chi connectivity index (χ2n) is 14.5. The summed E-state index contributed by atoms with van der Waals surface area (Å²) in [6, 6.07) is 19.8.